The summed E-state index contributed by atoms with van der Waals surface area (Å²) in [6.45, 7) is 1.87. The molecular weight excluding hydrogens is 318 g/mol. The Hall–Kier alpha value is -3.12. The number of phenolic OH excluding ortho intramolecular Hbond substituents is 1. The summed E-state index contributed by atoms with van der Waals surface area (Å²) in [5, 5.41) is 10.1. The van der Waals surface area contributed by atoms with Crippen molar-refractivity contribution in [3.63, 3.8) is 0 Å². The monoisotopic (exact) mass is 337 g/mol. The van der Waals surface area contributed by atoms with Crippen molar-refractivity contribution >= 4 is 5.91 Å². The van der Waals surface area contributed by atoms with Gasteiger partial charge in [-0.1, -0.05) is 24.3 Å². The van der Waals surface area contributed by atoms with Crippen LogP contribution in [-0.4, -0.2) is 28.1 Å². The molecule has 2 aromatic carbocycles. The maximum Gasteiger partial charge on any atom is 0.274 e. The number of rotatable bonds is 5. The Labute approximate surface area is 145 Å². The standard InChI is InChI=1S/C19H19N3O3/c1-12-15(7-4-8-17(12)23)18(16-10-20-11-21-16)13-5-3-6-14(9-13)19(24)22-25-2/h3-11,18,23H,1-2H3,(H,20,21)(H,22,24). The molecule has 0 saturated heterocycles. The average molecular weight is 337 g/mol. The molecule has 3 aromatic rings. The Morgan fingerprint density at radius 1 is 1.28 bits per heavy atom. The summed E-state index contributed by atoms with van der Waals surface area (Å²) < 4.78 is 0. The van der Waals surface area contributed by atoms with E-state index >= 15 is 0 Å². The SMILES string of the molecule is CONC(=O)c1cccc(C(c2cnc[nH]2)c2cccc(O)c2C)c1. The number of imidazole rings is 1. The Morgan fingerprint density at radius 2 is 2.08 bits per heavy atom. The molecule has 6 nitrogen and oxygen atoms in total. The van der Waals surface area contributed by atoms with Crippen LogP contribution in [0.2, 0.25) is 0 Å². The Morgan fingerprint density at radius 3 is 2.80 bits per heavy atom. The summed E-state index contributed by atoms with van der Waals surface area (Å²) >= 11 is 0. The molecule has 1 amide bonds. The van der Waals surface area contributed by atoms with Gasteiger partial charge in [0.15, 0.2) is 0 Å². The first-order valence-electron chi connectivity index (χ1n) is 7.82. The predicted molar refractivity (Wildman–Crippen MR) is 93.3 cm³/mol. The number of hydrogen-bond acceptors (Lipinski definition) is 4. The number of aromatic nitrogens is 2. The number of hydrogen-bond donors (Lipinski definition) is 3. The number of carbonyl (C=O) groups is 1. The number of amides is 1. The van der Waals surface area contributed by atoms with Gasteiger partial charge in [-0.3, -0.25) is 9.63 Å². The van der Waals surface area contributed by atoms with E-state index in [2.05, 4.69) is 15.4 Å². The van der Waals surface area contributed by atoms with E-state index < -0.39 is 0 Å². The molecule has 128 valence electrons. The highest BCUT2D eigenvalue weighted by Gasteiger charge is 2.22. The molecule has 0 fully saturated rings. The van der Waals surface area contributed by atoms with Crippen LogP contribution in [0.1, 0.15) is 38.7 Å². The summed E-state index contributed by atoms with van der Waals surface area (Å²) in [5.41, 5.74) is 6.31. The highest BCUT2D eigenvalue weighted by Crippen LogP contribution is 2.35. The van der Waals surface area contributed by atoms with E-state index in [0.29, 0.717) is 5.56 Å². The third-order valence-corrected chi connectivity index (χ3v) is 4.17. The zero-order valence-electron chi connectivity index (χ0n) is 14.0. The van der Waals surface area contributed by atoms with Gasteiger partial charge in [-0.05, 0) is 41.8 Å². The quantitative estimate of drug-likeness (QED) is 0.625. The van der Waals surface area contributed by atoms with Crippen molar-refractivity contribution in [2.45, 2.75) is 12.8 Å². The van der Waals surface area contributed by atoms with E-state index in [-0.39, 0.29) is 17.6 Å². The average Bonchev–Trinajstić information content (AvgIpc) is 3.14. The van der Waals surface area contributed by atoms with E-state index in [9.17, 15) is 9.90 Å². The Balaban J connectivity index is 2.12. The maximum atomic E-state index is 12.1. The van der Waals surface area contributed by atoms with Crippen LogP contribution in [0.25, 0.3) is 0 Å². The van der Waals surface area contributed by atoms with Gasteiger partial charge in [-0.15, -0.1) is 0 Å². The molecule has 3 N–H and O–H groups in total. The van der Waals surface area contributed by atoms with Gasteiger partial charge in [-0.25, -0.2) is 10.5 Å². The summed E-state index contributed by atoms with van der Waals surface area (Å²) in [5.74, 6) is -0.277. The van der Waals surface area contributed by atoms with Crippen LogP contribution < -0.4 is 5.48 Å². The number of H-pyrrole nitrogens is 1. The minimum absolute atomic E-state index is 0.190. The number of benzene rings is 2. The maximum absolute atomic E-state index is 12.1. The number of nitrogens with zero attached hydrogens (tertiary/aromatic N) is 1. The predicted octanol–water partition coefficient (Wildman–Crippen LogP) is 2.90. The van der Waals surface area contributed by atoms with E-state index in [4.69, 9.17) is 4.84 Å². The van der Waals surface area contributed by atoms with Crippen molar-refractivity contribution in [2.24, 2.45) is 0 Å². The number of phenols is 1. The summed E-state index contributed by atoms with van der Waals surface area (Å²) in [4.78, 5) is 24.0. The van der Waals surface area contributed by atoms with E-state index in [1.807, 2.05) is 37.3 Å². The number of nitrogens with one attached hydrogen (secondary N) is 2. The molecule has 0 aliphatic heterocycles. The first kappa shape index (κ1) is 16.7. The molecule has 1 atom stereocenters. The molecule has 0 spiro atoms. The van der Waals surface area contributed by atoms with Crippen LogP contribution >= 0.6 is 0 Å². The van der Waals surface area contributed by atoms with Crippen LogP contribution in [-0.2, 0) is 4.84 Å². The lowest BCUT2D eigenvalue weighted by atomic mass is 9.85. The van der Waals surface area contributed by atoms with Crippen LogP contribution in [0.4, 0.5) is 0 Å². The minimum Gasteiger partial charge on any atom is -0.508 e. The van der Waals surface area contributed by atoms with Gasteiger partial charge in [0, 0.05) is 17.5 Å². The van der Waals surface area contributed by atoms with Crippen molar-refractivity contribution in [2.75, 3.05) is 7.11 Å². The summed E-state index contributed by atoms with van der Waals surface area (Å²) in [7, 11) is 1.39. The Kier molecular flexibility index (Phi) is 4.81. The van der Waals surface area contributed by atoms with Crippen LogP contribution in [0.15, 0.2) is 55.0 Å². The molecule has 0 radical (unpaired) electrons. The topological polar surface area (TPSA) is 87.2 Å². The van der Waals surface area contributed by atoms with Gasteiger partial charge in [0.1, 0.15) is 5.75 Å². The first-order chi connectivity index (χ1) is 12.1. The molecule has 1 heterocycles. The van der Waals surface area contributed by atoms with Gasteiger partial charge in [0.25, 0.3) is 5.91 Å². The summed E-state index contributed by atoms with van der Waals surface area (Å²) in [6.07, 6.45) is 3.36. The lowest BCUT2D eigenvalue weighted by Gasteiger charge is -2.20. The third kappa shape index (κ3) is 3.39. The highest BCUT2D eigenvalue weighted by molar-refractivity contribution is 5.93. The third-order valence-electron chi connectivity index (χ3n) is 4.17. The van der Waals surface area contributed by atoms with Crippen LogP contribution in [0.3, 0.4) is 0 Å². The van der Waals surface area contributed by atoms with E-state index in [1.165, 1.54) is 7.11 Å². The van der Waals surface area contributed by atoms with Crippen molar-refractivity contribution in [1.82, 2.24) is 15.4 Å². The molecule has 0 bridgehead atoms. The second kappa shape index (κ2) is 7.19. The second-order valence-electron chi connectivity index (χ2n) is 5.69. The van der Waals surface area contributed by atoms with Gasteiger partial charge in [0.05, 0.1) is 19.4 Å². The molecule has 1 aromatic heterocycles. The van der Waals surface area contributed by atoms with Gasteiger partial charge < -0.3 is 10.1 Å². The molecular formula is C19H19N3O3. The van der Waals surface area contributed by atoms with Gasteiger partial charge >= 0.3 is 0 Å². The lowest BCUT2D eigenvalue weighted by Crippen LogP contribution is -2.22. The Bertz CT molecular complexity index is 875. The normalized spacial score (nSPS) is 11.9. The fraction of sp³-hybridized carbons (Fsp3) is 0.158. The second-order valence-corrected chi connectivity index (χ2v) is 5.69. The lowest BCUT2D eigenvalue weighted by molar-refractivity contribution is 0.0537. The van der Waals surface area contributed by atoms with Crippen molar-refractivity contribution < 1.29 is 14.7 Å². The highest BCUT2D eigenvalue weighted by atomic mass is 16.6. The van der Waals surface area contributed by atoms with Crippen LogP contribution in [0, 0.1) is 6.92 Å². The molecule has 25 heavy (non-hydrogen) atoms. The molecule has 0 saturated carbocycles. The van der Waals surface area contributed by atoms with Crippen LogP contribution in [0.5, 0.6) is 5.75 Å². The number of carbonyl (C=O) groups excluding carboxylic acids is 1. The van der Waals surface area contributed by atoms with Crippen molar-refractivity contribution in [1.29, 1.82) is 0 Å². The minimum atomic E-state index is -0.319. The molecule has 1 unspecified atom stereocenters. The summed E-state index contributed by atoms with van der Waals surface area (Å²) in [6, 6.07) is 12.7. The molecule has 3 rings (SSSR count). The fourth-order valence-corrected chi connectivity index (χ4v) is 2.92. The van der Waals surface area contributed by atoms with E-state index in [1.54, 1.807) is 24.7 Å². The fourth-order valence-electron chi connectivity index (χ4n) is 2.92. The zero-order chi connectivity index (χ0) is 17.8. The molecule has 6 heteroatoms. The first-order valence-corrected chi connectivity index (χ1v) is 7.82. The van der Waals surface area contributed by atoms with E-state index in [0.717, 1.165) is 22.4 Å². The number of aromatic hydroxyl groups is 1. The van der Waals surface area contributed by atoms with Crippen molar-refractivity contribution in [3.8, 4) is 5.75 Å². The largest absolute Gasteiger partial charge is 0.508 e. The van der Waals surface area contributed by atoms with Gasteiger partial charge in [0.2, 0.25) is 0 Å². The van der Waals surface area contributed by atoms with Gasteiger partial charge in [-0.2, -0.15) is 0 Å². The zero-order valence-corrected chi connectivity index (χ0v) is 14.0. The molecule has 0 aliphatic rings. The number of hydroxylamine groups is 1. The smallest absolute Gasteiger partial charge is 0.274 e. The number of aromatic amines is 1. The van der Waals surface area contributed by atoms with Crippen molar-refractivity contribution in [3.05, 3.63) is 82.9 Å². The molecule has 0 aliphatic carbocycles.